The van der Waals surface area contributed by atoms with Crippen molar-refractivity contribution < 1.29 is 54.2 Å². The maximum Gasteiger partial charge on any atom is 0.430 e. The molecule has 0 bridgehead atoms. The van der Waals surface area contributed by atoms with Crippen LogP contribution in [0.25, 0.3) is 10.8 Å². The fourth-order valence-electron chi connectivity index (χ4n) is 4.22. The molecule has 9 nitrogen and oxygen atoms in total. The van der Waals surface area contributed by atoms with E-state index in [-0.39, 0.29) is 27.0 Å². The molecule has 218 valence electrons. The SMILES string of the molecule is COC(=O)n1cc2cc(S(=O)(=O)CC3(C#N)CC3)ccc2c1C(=O)Nc1ccc(C(O)(C(F)(F)F)C(F)(F)F)cc1. The normalized spacial score (nSPS) is 15.3. The molecule has 3 aromatic rings. The molecule has 0 spiro atoms. The molecule has 41 heavy (non-hydrogen) atoms. The maximum absolute atomic E-state index is 13.2. The van der Waals surface area contributed by atoms with Gasteiger partial charge in [0, 0.05) is 28.2 Å². The van der Waals surface area contributed by atoms with Crippen LogP contribution in [0.1, 0.15) is 28.9 Å². The Balaban J connectivity index is 1.69. The van der Waals surface area contributed by atoms with Crippen LogP contribution in [0.5, 0.6) is 0 Å². The zero-order valence-electron chi connectivity index (χ0n) is 20.8. The van der Waals surface area contributed by atoms with Gasteiger partial charge in [0.15, 0.2) is 9.84 Å². The number of anilines is 1. The van der Waals surface area contributed by atoms with E-state index >= 15 is 0 Å². The number of aliphatic hydroxyl groups is 1. The van der Waals surface area contributed by atoms with Crippen LogP contribution in [0.4, 0.5) is 36.8 Å². The molecule has 0 radical (unpaired) electrons. The van der Waals surface area contributed by atoms with Crippen LogP contribution < -0.4 is 5.32 Å². The van der Waals surface area contributed by atoms with Crippen molar-refractivity contribution in [3.63, 3.8) is 0 Å². The highest BCUT2D eigenvalue weighted by Crippen LogP contribution is 2.50. The molecule has 1 saturated carbocycles. The van der Waals surface area contributed by atoms with Gasteiger partial charge >= 0.3 is 18.4 Å². The molecule has 1 aliphatic carbocycles. The highest BCUT2D eigenvalue weighted by molar-refractivity contribution is 7.91. The predicted molar refractivity (Wildman–Crippen MR) is 129 cm³/mol. The molecule has 0 atom stereocenters. The molecule has 0 aliphatic heterocycles. The first-order valence-corrected chi connectivity index (χ1v) is 13.2. The number of alkyl halides is 6. The molecule has 1 amide bonds. The number of hydrogen-bond donors (Lipinski definition) is 2. The summed E-state index contributed by atoms with van der Waals surface area (Å²) in [6, 6.07) is 7.64. The molecule has 1 aliphatic rings. The van der Waals surface area contributed by atoms with Crippen molar-refractivity contribution in [1.82, 2.24) is 4.57 Å². The highest BCUT2D eigenvalue weighted by atomic mass is 32.2. The monoisotopic (exact) mass is 603 g/mol. The lowest BCUT2D eigenvalue weighted by Crippen LogP contribution is -2.53. The van der Waals surface area contributed by atoms with E-state index in [1.165, 1.54) is 18.2 Å². The van der Waals surface area contributed by atoms with E-state index in [9.17, 15) is 54.7 Å². The van der Waals surface area contributed by atoms with Crippen LogP contribution in [-0.2, 0) is 20.2 Å². The Bertz CT molecular complexity index is 1670. The Labute approximate surface area is 227 Å². The first-order chi connectivity index (χ1) is 18.9. The Morgan fingerprint density at radius 2 is 1.66 bits per heavy atom. The van der Waals surface area contributed by atoms with Gasteiger partial charge in [0.05, 0.1) is 29.2 Å². The van der Waals surface area contributed by atoms with Crippen molar-refractivity contribution in [2.75, 3.05) is 18.2 Å². The number of benzene rings is 2. The molecule has 2 N–H and O–H groups in total. The molecule has 0 saturated heterocycles. The van der Waals surface area contributed by atoms with E-state index in [2.05, 4.69) is 10.1 Å². The van der Waals surface area contributed by atoms with Gasteiger partial charge in [-0.2, -0.15) is 31.6 Å². The summed E-state index contributed by atoms with van der Waals surface area (Å²) >= 11 is 0. The summed E-state index contributed by atoms with van der Waals surface area (Å²) in [5, 5.41) is 21.2. The lowest BCUT2D eigenvalue weighted by atomic mass is 9.92. The van der Waals surface area contributed by atoms with E-state index < -0.39 is 56.5 Å². The summed E-state index contributed by atoms with van der Waals surface area (Å²) in [7, 11) is -2.92. The zero-order chi connectivity index (χ0) is 30.6. The third kappa shape index (κ3) is 5.22. The first kappa shape index (κ1) is 29.9. The van der Waals surface area contributed by atoms with E-state index in [4.69, 9.17) is 0 Å². The average Bonchev–Trinajstić information content (AvgIpc) is 3.54. The lowest BCUT2D eigenvalue weighted by molar-refractivity contribution is -0.376. The molecule has 4 rings (SSSR count). The standard InChI is InChI=1S/C25H19F6N3O6S/c1-40-21(36)34-11-14-10-17(41(38,39)13-22(12-32)8-9-22)6-7-18(14)19(34)20(35)33-16-4-2-15(3-5-16)23(37,24(26,27)28)25(29,30)31/h2-7,10-11,37H,8-9,13H2,1H3,(H,33,35). The van der Waals surface area contributed by atoms with E-state index in [0.29, 0.717) is 37.1 Å². The number of ether oxygens (including phenoxy) is 1. The fourth-order valence-corrected chi connectivity index (χ4v) is 6.05. The lowest BCUT2D eigenvalue weighted by Gasteiger charge is -2.32. The topological polar surface area (TPSA) is 138 Å². The summed E-state index contributed by atoms with van der Waals surface area (Å²) < 4.78 is 110. The van der Waals surface area contributed by atoms with Gasteiger partial charge in [0.1, 0.15) is 5.69 Å². The minimum atomic E-state index is -6.10. The van der Waals surface area contributed by atoms with Gasteiger partial charge in [-0.25, -0.2) is 17.8 Å². The Morgan fingerprint density at radius 3 is 2.15 bits per heavy atom. The van der Waals surface area contributed by atoms with Crippen molar-refractivity contribution in [3.8, 4) is 6.07 Å². The largest absolute Gasteiger partial charge is 0.452 e. The highest BCUT2D eigenvalue weighted by Gasteiger charge is 2.71. The Hall–Kier alpha value is -4.10. The van der Waals surface area contributed by atoms with Crippen molar-refractivity contribution in [1.29, 1.82) is 5.26 Å². The minimum Gasteiger partial charge on any atom is -0.452 e. The number of carbonyl (C=O) groups excluding carboxylic acids is 2. The number of nitrogens with zero attached hydrogens (tertiary/aromatic N) is 2. The number of methoxy groups -OCH3 is 1. The van der Waals surface area contributed by atoms with Crippen LogP contribution in [0.3, 0.4) is 0 Å². The summed E-state index contributed by atoms with van der Waals surface area (Å²) in [6.07, 6.45) is -11.3. The molecule has 1 heterocycles. The van der Waals surface area contributed by atoms with Gasteiger partial charge in [0.25, 0.3) is 11.5 Å². The predicted octanol–water partition coefficient (Wildman–Crippen LogP) is 4.90. The van der Waals surface area contributed by atoms with Gasteiger partial charge < -0.3 is 15.2 Å². The fraction of sp³-hybridized carbons (Fsp3) is 0.320. The second-order valence-corrected chi connectivity index (χ2v) is 11.4. The van der Waals surface area contributed by atoms with Crippen LogP contribution in [0.2, 0.25) is 0 Å². The molecule has 1 fully saturated rings. The van der Waals surface area contributed by atoms with Crippen molar-refractivity contribution in [2.45, 2.75) is 35.7 Å². The van der Waals surface area contributed by atoms with Gasteiger partial charge in [-0.1, -0.05) is 18.2 Å². The quantitative estimate of drug-likeness (QED) is 0.383. The second kappa shape index (κ2) is 9.77. The van der Waals surface area contributed by atoms with Gasteiger partial charge in [0.2, 0.25) is 0 Å². The number of fused-ring (bicyclic) bond motifs is 1. The minimum absolute atomic E-state index is 0.0633. The second-order valence-electron chi connectivity index (χ2n) is 9.46. The number of hydrogen-bond acceptors (Lipinski definition) is 7. The Morgan fingerprint density at radius 1 is 1.07 bits per heavy atom. The first-order valence-electron chi connectivity index (χ1n) is 11.5. The van der Waals surface area contributed by atoms with Crippen LogP contribution in [-0.4, -0.2) is 55.3 Å². The number of carbonyl (C=O) groups is 2. The molecular formula is C25H19F6N3O6S. The number of rotatable bonds is 6. The van der Waals surface area contributed by atoms with Gasteiger partial charge in [-0.15, -0.1) is 0 Å². The van der Waals surface area contributed by atoms with E-state index in [1.54, 1.807) is 0 Å². The van der Waals surface area contributed by atoms with Gasteiger partial charge in [-0.05, 0) is 37.1 Å². The van der Waals surface area contributed by atoms with Crippen molar-refractivity contribution in [2.24, 2.45) is 5.41 Å². The number of aromatic nitrogens is 1. The maximum atomic E-state index is 13.2. The number of nitrogens with one attached hydrogen (secondary N) is 1. The molecule has 2 aromatic carbocycles. The summed E-state index contributed by atoms with van der Waals surface area (Å²) in [4.78, 5) is 25.4. The van der Waals surface area contributed by atoms with Crippen LogP contribution >= 0.6 is 0 Å². The third-order valence-corrected chi connectivity index (χ3v) is 8.58. The van der Waals surface area contributed by atoms with Gasteiger partial charge in [-0.3, -0.25) is 4.79 Å². The summed E-state index contributed by atoms with van der Waals surface area (Å²) in [6.45, 7) is 0. The zero-order valence-corrected chi connectivity index (χ0v) is 21.6. The third-order valence-electron chi connectivity index (χ3n) is 6.67. The average molecular weight is 603 g/mol. The summed E-state index contributed by atoms with van der Waals surface area (Å²) in [5.41, 5.74) is -8.35. The van der Waals surface area contributed by atoms with Crippen LogP contribution in [0, 0.1) is 16.7 Å². The van der Waals surface area contributed by atoms with E-state index in [1.807, 2.05) is 6.07 Å². The van der Waals surface area contributed by atoms with Crippen LogP contribution in [0.15, 0.2) is 53.6 Å². The number of amides is 1. The number of sulfone groups is 1. The molecule has 0 unspecified atom stereocenters. The van der Waals surface area contributed by atoms with Crippen molar-refractivity contribution in [3.05, 3.63) is 59.9 Å². The Kier molecular flexibility index (Phi) is 7.12. The molecule has 16 heteroatoms. The number of nitriles is 1. The molecule has 1 aromatic heterocycles. The number of halogens is 6. The summed E-state index contributed by atoms with van der Waals surface area (Å²) in [5.74, 6) is -1.46. The molecular weight excluding hydrogens is 584 g/mol. The van der Waals surface area contributed by atoms with Crippen molar-refractivity contribution >= 4 is 38.3 Å². The van der Waals surface area contributed by atoms with E-state index in [0.717, 1.165) is 17.9 Å². The smallest absolute Gasteiger partial charge is 0.430 e.